The van der Waals surface area contributed by atoms with Crippen molar-refractivity contribution in [1.29, 1.82) is 0 Å². The van der Waals surface area contributed by atoms with Crippen molar-refractivity contribution in [3.63, 3.8) is 0 Å². The predicted molar refractivity (Wildman–Crippen MR) is 108 cm³/mol. The van der Waals surface area contributed by atoms with Crippen LogP contribution in [0.2, 0.25) is 0 Å². The van der Waals surface area contributed by atoms with Gasteiger partial charge in [0.15, 0.2) is 0 Å². The Morgan fingerprint density at radius 3 is 2.29 bits per heavy atom. The van der Waals surface area contributed by atoms with Gasteiger partial charge in [0.25, 0.3) is 5.91 Å². The zero-order chi connectivity index (χ0) is 19.6. The quantitative estimate of drug-likeness (QED) is 0.727. The first-order valence-electron chi connectivity index (χ1n) is 9.70. The summed E-state index contributed by atoms with van der Waals surface area (Å²) in [4.78, 5) is 27.6. The predicted octanol–water partition coefficient (Wildman–Crippen LogP) is 1.48. The van der Waals surface area contributed by atoms with Crippen molar-refractivity contribution in [2.75, 3.05) is 39.4 Å². The summed E-state index contributed by atoms with van der Waals surface area (Å²) in [5.41, 5.74) is 1.55. The van der Waals surface area contributed by atoms with Crippen molar-refractivity contribution < 1.29 is 14.3 Å². The molecule has 6 nitrogen and oxygen atoms in total. The number of amides is 2. The molecule has 28 heavy (non-hydrogen) atoms. The first-order chi connectivity index (χ1) is 13.7. The van der Waals surface area contributed by atoms with E-state index in [4.69, 9.17) is 4.74 Å². The second-order valence-corrected chi connectivity index (χ2v) is 6.83. The molecule has 0 saturated carbocycles. The summed E-state index contributed by atoms with van der Waals surface area (Å²) >= 11 is 0. The van der Waals surface area contributed by atoms with Crippen molar-refractivity contribution >= 4 is 11.8 Å². The molecule has 3 rings (SSSR count). The van der Waals surface area contributed by atoms with E-state index in [0.717, 1.165) is 38.4 Å². The summed E-state index contributed by atoms with van der Waals surface area (Å²) in [6.45, 7) is 4.56. The molecule has 1 heterocycles. The van der Waals surface area contributed by atoms with Gasteiger partial charge in [-0.2, -0.15) is 0 Å². The maximum absolute atomic E-state index is 12.8. The number of carbonyl (C=O) groups is 2. The number of hydrogen-bond acceptors (Lipinski definition) is 4. The molecular formula is C22H27N3O3. The number of carbonyl (C=O) groups excluding carboxylic acids is 2. The van der Waals surface area contributed by atoms with Gasteiger partial charge in [-0.3, -0.25) is 14.5 Å². The molecule has 2 N–H and O–H groups in total. The van der Waals surface area contributed by atoms with Crippen molar-refractivity contribution in [1.82, 2.24) is 15.5 Å². The lowest BCUT2D eigenvalue weighted by Crippen LogP contribution is -2.50. The van der Waals surface area contributed by atoms with E-state index in [9.17, 15) is 9.59 Å². The molecule has 0 spiro atoms. The fourth-order valence-electron chi connectivity index (χ4n) is 3.18. The molecular weight excluding hydrogens is 354 g/mol. The van der Waals surface area contributed by atoms with Gasteiger partial charge in [0, 0.05) is 38.2 Å². The number of ether oxygens (including phenoxy) is 1. The van der Waals surface area contributed by atoms with Gasteiger partial charge < -0.3 is 15.4 Å². The average Bonchev–Trinajstić information content (AvgIpc) is 2.75. The molecule has 0 radical (unpaired) electrons. The molecule has 1 aliphatic heterocycles. The Kier molecular flexibility index (Phi) is 7.58. The van der Waals surface area contributed by atoms with Crippen LogP contribution in [0, 0.1) is 0 Å². The Bertz CT molecular complexity index is 746. The summed E-state index contributed by atoms with van der Waals surface area (Å²) in [5.74, 6) is -0.411. The molecule has 6 heteroatoms. The van der Waals surface area contributed by atoms with E-state index >= 15 is 0 Å². The van der Waals surface area contributed by atoms with Crippen LogP contribution >= 0.6 is 0 Å². The molecule has 0 aliphatic carbocycles. The number of nitrogens with one attached hydrogen (secondary N) is 2. The number of morpholine rings is 1. The molecule has 1 aliphatic rings. The molecule has 1 saturated heterocycles. The molecule has 0 bridgehead atoms. The molecule has 148 valence electrons. The maximum Gasteiger partial charge on any atom is 0.251 e. The number of benzene rings is 2. The summed E-state index contributed by atoms with van der Waals surface area (Å²) in [6, 6.07) is 18.1. The Morgan fingerprint density at radius 2 is 1.61 bits per heavy atom. The van der Waals surface area contributed by atoms with Gasteiger partial charge in [-0.05, 0) is 17.7 Å². The van der Waals surface area contributed by atoms with E-state index in [1.807, 2.05) is 48.5 Å². The molecule has 1 fully saturated rings. The highest BCUT2D eigenvalue weighted by Crippen LogP contribution is 2.06. The zero-order valence-corrected chi connectivity index (χ0v) is 16.0. The molecule has 2 amide bonds. The third kappa shape index (κ3) is 6.18. The smallest absolute Gasteiger partial charge is 0.251 e. The van der Waals surface area contributed by atoms with E-state index in [2.05, 4.69) is 15.5 Å². The van der Waals surface area contributed by atoms with Crippen molar-refractivity contribution in [3.8, 4) is 0 Å². The maximum atomic E-state index is 12.8. The molecule has 2 aromatic rings. The van der Waals surface area contributed by atoms with Crippen LogP contribution in [0.5, 0.6) is 0 Å². The summed E-state index contributed by atoms with van der Waals surface area (Å²) in [6.07, 6.45) is 0.447. The van der Waals surface area contributed by atoms with E-state index < -0.39 is 6.04 Å². The summed E-state index contributed by atoms with van der Waals surface area (Å²) in [7, 11) is 0. The Balaban J connectivity index is 1.59. The summed E-state index contributed by atoms with van der Waals surface area (Å²) in [5, 5.41) is 5.86. The number of nitrogens with zero attached hydrogens (tertiary/aromatic N) is 1. The first-order valence-corrected chi connectivity index (χ1v) is 9.70. The minimum absolute atomic E-state index is 0.165. The minimum atomic E-state index is -0.625. The highest BCUT2D eigenvalue weighted by molar-refractivity contribution is 5.97. The second kappa shape index (κ2) is 10.6. The third-order valence-electron chi connectivity index (χ3n) is 4.77. The average molecular weight is 381 g/mol. The normalized spacial score (nSPS) is 15.6. The van der Waals surface area contributed by atoms with E-state index in [1.54, 1.807) is 12.1 Å². The van der Waals surface area contributed by atoms with Crippen molar-refractivity contribution in [2.45, 2.75) is 12.5 Å². The molecule has 2 aromatic carbocycles. The summed E-state index contributed by atoms with van der Waals surface area (Å²) < 4.78 is 5.34. The SMILES string of the molecule is O=C(NC(Cc1ccccc1)C(=O)NCCN1CCOCC1)c1ccccc1. The first kappa shape index (κ1) is 20.0. The zero-order valence-electron chi connectivity index (χ0n) is 16.0. The van der Waals surface area contributed by atoms with Crippen molar-refractivity contribution in [2.24, 2.45) is 0 Å². The van der Waals surface area contributed by atoms with E-state index in [-0.39, 0.29) is 11.8 Å². The lowest BCUT2D eigenvalue weighted by Gasteiger charge is -2.27. The van der Waals surface area contributed by atoms with Gasteiger partial charge in [0.2, 0.25) is 5.91 Å². The van der Waals surface area contributed by atoms with Crippen LogP contribution in [0.4, 0.5) is 0 Å². The molecule has 0 aromatic heterocycles. The van der Waals surface area contributed by atoms with Crippen LogP contribution in [0.25, 0.3) is 0 Å². The van der Waals surface area contributed by atoms with E-state index in [1.165, 1.54) is 0 Å². The van der Waals surface area contributed by atoms with Crippen LogP contribution in [0.3, 0.4) is 0 Å². The topological polar surface area (TPSA) is 70.7 Å². The van der Waals surface area contributed by atoms with Gasteiger partial charge in [0.05, 0.1) is 13.2 Å². The van der Waals surface area contributed by atoms with Crippen LogP contribution in [0.15, 0.2) is 60.7 Å². The lowest BCUT2D eigenvalue weighted by molar-refractivity contribution is -0.123. The van der Waals surface area contributed by atoms with Crippen LogP contribution in [-0.4, -0.2) is 62.1 Å². The Labute approximate surface area is 165 Å². The van der Waals surface area contributed by atoms with Gasteiger partial charge in [-0.15, -0.1) is 0 Å². The van der Waals surface area contributed by atoms with Gasteiger partial charge in [0.1, 0.15) is 6.04 Å². The number of hydrogen-bond donors (Lipinski definition) is 2. The van der Waals surface area contributed by atoms with Gasteiger partial charge in [-0.1, -0.05) is 48.5 Å². The fraction of sp³-hybridized carbons (Fsp3) is 0.364. The fourth-order valence-corrected chi connectivity index (χ4v) is 3.18. The monoisotopic (exact) mass is 381 g/mol. The largest absolute Gasteiger partial charge is 0.379 e. The highest BCUT2D eigenvalue weighted by Gasteiger charge is 2.22. The number of rotatable bonds is 8. The standard InChI is InChI=1S/C22H27N3O3/c26-21(19-9-5-2-6-10-19)24-20(17-18-7-3-1-4-8-18)22(27)23-11-12-25-13-15-28-16-14-25/h1-10,20H,11-17H2,(H,23,27)(H,24,26). The molecule has 1 unspecified atom stereocenters. The lowest BCUT2D eigenvalue weighted by atomic mass is 10.0. The highest BCUT2D eigenvalue weighted by atomic mass is 16.5. The third-order valence-corrected chi connectivity index (χ3v) is 4.77. The van der Waals surface area contributed by atoms with Gasteiger partial charge in [-0.25, -0.2) is 0 Å². The van der Waals surface area contributed by atoms with Gasteiger partial charge >= 0.3 is 0 Å². The van der Waals surface area contributed by atoms with Crippen molar-refractivity contribution in [3.05, 3.63) is 71.8 Å². The minimum Gasteiger partial charge on any atom is -0.379 e. The second-order valence-electron chi connectivity index (χ2n) is 6.83. The van der Waals surface area contributed by atoms with Crippen LogP contribution < -0.4 is 10.6 Å². The van der Waals surface area contributed by atoms with E-state index in [0.29, 0.717) is 18.5 Å². The molecule has 1 atom stereocenters. The Hall–Kier alpha value is -2.70. The van der Waals surface area contributed by atoms with Crippen LogP contribution in [0.1, 0.15) is 15.9 Å². The Morgan fingerprint density at radius 1 is 0.964 bits per heavy atom. The van der Waals surface area contributed by atoms with Crippen LogP contribution in [-0.2, 0) is 16.0 Å².